The van der Waals surface area contributed by atoms with E-state index in [9.17, 15) is 4.79 Å². The highest BCUT2D eigenvalue weighted by atomic mass is 16.6. The molecule has 0 N–H and O–H groups in total. The normalized spacial score (nSPS) is 11.9. The minimum Gasteiger partial charge on any atom is -0.497 e. The van der Waals surface area contributed by atoms with Gasteiger partial charge >= 0.3 is 5.97 Å². The number of carbonyl (C=O) groups is 1. The Balaban J connectivity index is 2.00. The lowest BCUT2D eigenvalue weighted by atomic mass is 10.0. The monoisotopic (exact) mass is 371 g/mol. The molecule has 1 atom stereocenters. The third-order valence-corrected chi connectivity index (χ3v) is 4.12. The molecule has 0 aliphatic carbocycles. The van der Waals surface area contributed by atoms with Crippen molar-refractivity contribution in [3.8, 4) is 11.5 Å². The van der Waals surface area contributed by atoms with Crippen molar-refractivity contribution >= 4 is 5.97 Å². The lowest BCUT2D eigenvalue weighted by Gasteiger charge is -2.22. The zero-order valence-corrected chi connectivity index (χ0v) is 16.6. The standard InChI is InChI=1S/C22H29NO4/c1-17(24)27-21(15-23(2)3)16-26-22-11-6-5-9-19(22)13-12-18-8-7-10-20(14-18)25-4/h5-11,14,21H,12-13,15-16H2,1-4H3/t21-/m1/s1. The smallest absolute Gasteiger partial charge is 0.303 e. The van der Waals surface area contributed by atoms with Crippen LogP contribution in [0.5, 0.6) is 11.5 Å². The zero-order chi connectivity index (χ0) is 19.6. The number of nitrogens with zero attached hydrogens (tertiary/aromatic N) is 1. The molecule has 0 aliphatic rings. The minimum absolute atomic E-state index is 0.295. The maximum absolute atomic E-state index is 11.3. The molecule has 5 nitrogen and oxygen atoms in total. The van der Waals surface area contributed by atoms with Gasteiger partial charge in [-0.05, 0) is 56.3 Å². The van der Waals surface area contributed by atoms with E-state index in [2.05, 4.69) is 18.2 Å². The molecule has 2 aromatic carbocycles. The number of likely N-dealkylation sites (N-methyl/N-ethyl adjacent to an activating group) is 1. The van der Waals surface area contributed by atoms with Crippen molar-refractivity contribution in [1.82, 2.24) is 4.90 Å². The van der Waals surface area contributed by atoms with Gasteiger partial charge in [-0.3, -0.25) is 4.79 Å². The van der Waals surface area contributed by atoms with Crippen LogP contribution in [0.25, 0.3) is 0 Å². The molecule has 2 rings (SSSR count). The van der Waals surface area contributed by atoms with E-state index in [1.165, 1.54) is 12.5 Å². The number of carbonyl (C=O) groups excluding carboxylic acids is 1. The van der Waals surface area contributed by atoms with Crippen LogP contribution >= 0.6 is 0 Å². The molecular formula is C22H29NO4. The van der Waals surface area contributed by atoms with Crippen LogP contribution in [-0.2, 0) is 22.4 Å². The van der Waals surface area contributed by atoms with Gasteiger partial charge in [0.05, 0.1) is 7.11 Å². The van der Waals surface area contributed by atoms with Crippen LogP contribution in [0, 0.1) is 0 Å². The number of ether oxygens (including phenoxy) is 3. The fraction of sp³-hybridized carbons (Fsp3) is 0.409. The van der Waals surface area contributed by atoms with E-state index in [1.54, 1.807) is 7.11 Å². The van der Waals surface area contributed by atoms with E-state index in [-0.39, 0.29) is 12.1 Å². The van der Waals surface area contributed by atoms with Crippen LogP contribution in [0.3, 0.4) is 0 Å². The lowest BCUT2D eigenvalue weighted by molar-refractivity contribution is -0.148. The molecular weight excluding hydrogens is 342 g/mol. The molecule has 0 radical (unpaired) electrons. The Bertz CT molecular complexity index is 730. The van der Waals surface area contributed by atoms with Crippen LogP contribution < -0.4 is 9.47 Å². The first-order chi connectivity index (χ1) is 13.0. The van der Waals surface area contributed by atoms with Gasteiger partial charge in [0.25, 0.3) is 0 Å². The predicted octanol–water partition coefficient (Wildman–Crippen LogP) is 3.35. The molecule has 0 bridgehead atoms. The minimum atomic E-state index is -0.302. The average Bonchev–Trinajstić information content (AvgIpc) is 2.64. The summed E-state index contributed by atoms with van der Waals surface area (Å²) < 4.78 is 16.7. The fourth-order valence-electron chi connectivity index (χ4n) is 2.91. The first kappa shape index (κ1) is 20.8. The maximum atomic E-state index is 11.3. The number of benzene rings is 2. The molecule has 0 aromatic heterocycles. The molecule has 0 heterocycles. The number of esters is 1. The van der Waals surface area contributed by atoms with E-state index < -0.39 is 0 Å². The van der Waals surface area contributed by atoms with Gasteiger partial charge in [0.2, 0.25) is 0 Å². The highest BCUT2D eigenvalue weighted by molar-refractivity contribution is 5.66. The third-order valence-electron chi connectivity index (χ3n) is 4.12. The van der Waals surface area contributed by atoms with Crippen LogP contribution in [0.4, 0.5) is 0 Å². The van der Waals surface area contributed by atoms with Crippen molar-refractivity contribution in [3.05, 3.63) is 59.7 Å². The van der Waals surface area contributed by atoms with Gasteiger partial charge < -0.3 is 19.1 Å². The van der Waals surface area contributed by atoms with Crippen molar-refractivity contribution in [2.45, 2.75) is 25.9 Å². The van der Waals surface area contributed by atoms with Crippen LogP contribution in [0.2, 0.25) is 0 Å². The predicted molar refractivity (Wildman–Crippen MR) is 106 cm³/mol. The van der Waals surface area contributed by atoms with Gasteiger partial charge in [0, 0.05) is 13.5 Å². The van der Waals surface area contributed by atoms with Crippen LogP contribution in [0.1, 0.15) is 18.1 Å². The Morgan fingerprint density at radius 2 is 1.85 bits per heavy atom. The molecule has 0 aliphatic heterocycles. The van der Waals surface area contributed by atoms with E-state index in [0.717, 1.165) is 29.9 Å². The second kappa shape index (κ2) is 10.6. The third kappa shape index (κ3) is 7.31. The van der Waals surface area contributed by atoms with Crippen LogP contribution in [0.15, 0.2) is 48.5 Å². The zero-order valence-electron chi connectivity index (χ0n) is 16.6. The number of hydrogen-bond acceptors (Lipinski definition) is 5. The summed E-state index contributed by atoms with van der Waals surface area (Å²) in [5, 5.41) is 0. The number of rotatable bonds is 10. The van der Waals surface area contributed by atoms with Crippen LogP contribution in [-0.4, -0.2) is 51.3 Å². The summed E-state index contributed by atoms with van der Waals surface area (Å²) >= 11 is 0. The van der Waals surface area contributed by atoms with E-state index in [4.69, 9.17) is 14.2 Å². The summed E-state index contributed by atoms with van der Waals surface area (Å²) in [5.74, 6) is 1.40. The van der Waals surface area contributed by atoms with Gasteiger partial charge in [0.15, 0.2) is 0 Å². The molecule has 0 amide bonds. The molecule has 2 aromatic rings. The molecule has 146 valence electrons. The first-order valence-corrected chi connectivity index (χ1v) is 9.13. The van der Waals surface area contributed by atoms with Crippen molar-refractivity contribution in [1.29, 1.82) is 0 Å². The second-order valence-electron chi connectivity index (χ2n) is 6.76. The lowest BCUT2D eigenvalue weighted by Crippen LogP contribution is -2.34. The molecule has 0 fully saturated rings. The second-order valence-corrected chi connectivity index (χ2v) is 6.76. The maximum Gasteiger partial charge on any atom is 0.303 e. The Morgan fingerprint density at radius 1 is 1.07 bits per heavy atom. The Morgan fingerprint density at radius 3 is 2.56 bits per heavy atom. The number of methoxy groups -OCH3 is 1. The number of para-hydroxylation sites is 1. The summed E-state index contributed by atoms with van der Waals surface area (Å²) in [7, 11) is 5.56. The summed E-state index contributed by atoms with van der Waals surface area (Å²) in [6.07, 6.45) is 1.45. The van der Waals surface area contributed by atoms with Gasteiger partial charge in [-0.2, -0.15) is 0 Å². The first-order valence-electron chi connectivity index (χ1n) is 9.13. The Hall–Kier alpha value is -2.53. The van der Waals surface area contributed by atoms with Gasteiger partial charge in [-0.15, -0.1) is 0 Å². The molecule has 27 heavy (non-hydrogen) atoms. The van der Waals surface area contributed by atoms with E-state index in [1.807, 2.05) is 49.3 Å². The van der Waals surface area contributed by atoms with Gasteiger partial charge in [-0.1, -0.05) is 30.3 Å². The van der Waals surface area contributed by atoms with Gasteiger partial charge in [0.1, 0.15) is 24.2 Å². The highest BCUT2D eigenvalue weighted by Crippen LogP contribution is 2.22. The van der Waals surface area contributed by atoms with Crippen molar-refractivity contribution in [2.24, 2.45) is 0 Å². The SMILES string of the molecule is COc1cccc(CCc2ccccc2OC[C@@H](CN(C)C)OC(C)=O)c1. The summed E-state index contributed by atoms with van der Waals surface area (Å²) in [6.45, 7) is 2.37. The van der Waals surface area contributed by atoms with E-state index >= 15 is 0 Å². The highest BCUT2D eigenvalue weighted by Gasteiger charge is 2.15. The van der Waals surface area contributed by atoms with Crippen molar-refractivity contribution in [3.63, 3.8) is 0 Å². The molecule has 0 saturated carbocycles. The quantitative estimate of drug-likeness (QED) is 0.600. The van der Waals surface area contributed by atoms with Gasteiger partial charge in [-0.25, -0.2) is 0 Å². The van der Waals surface area contributed by atoms with E-state index in [0.29, 0.717) is 13.2 Å². The average molecular weight is 371 g/mol. The Kier molecular flexibility index (Phi) is 8.14. The van der Waals surface area contributed by atoms with Crippen molar-refractivity contribution < 1.29 is 19.0 Å². The summed E-state index contributed by atoms with van der Waals surface area (Å²) in [6, 6.07) is 16.1. The summed E-state index contributed by atoms with van der Waals surface area (Å²) in [5.41, 5.74) is 2.35. The molecule has 0 saturated heterocycles. The number of aryl methyl sites for hydroxylation is 2. The Labute approximate surface area is 161 Å². The molecule has 0 unspecified atom stereocenters. The molecule has 5 heteroatoms. The molecule has 0 spiro atoms. The largest absolute Gasteiger partial charge is 0.497 e. The summed E-state index contributed by atoms with van der Waals surface area (Å²) in [4.78, 5) is 13.3. The topological polar surface area (TPSA) is 48.0 Å². The van der Waals surface area contributed by atoms with Crippen molar-refractivity contribution in [2.75, 3.05) is 34.4 Å². The number of hydrogen-bond donors (Lipinski definition) is 0. The fourth-order valence-corrected chi connectivity index (χ4v) is 2.91.